The van der Waals surface area contributed by atoms with Gasteiger partial charge in [0.05, 0.1) is 0 Å². The molecule has 0 bridgehead atoms. The van der Waals surface area contributed by atoms with Crippen molar-refractivity contribution in [3.8, 4) is 0 Å². The maximum atomic E-state index is 3.99. The normalized spacial score (nSPS) is 13.3. The van der Waals surface area contributed by atoms with Gasteiger partial charge in [0.1, 0.15) is 0 Å². The predicted molar refractivity (Wildman–Crippen MR) is 88.6 cm³/mol. The minimum atomic E-state index is 0.237. The molecule has 2 aromatic carbocycles. The summed E-state index contributed by atoms with van der Waals surface area (Å²) >= 11 is 0. The van der Waals surface area contributed by atoms with Crippen LogP contribution in [0, 0.1) is 0 Å². The van der Waals surface area contributed by atoms with E-state index in [-0.39, 0.29) is 5.92 Å². The average molecular weight is 260 g/mol. The lowest BCUT2D eigenvalue weighted by atomic mass is 9.90. The van der Waals surface area contributed by atoms with Crippen LogP contribution in [0.4, 0.5) is 0 Å². The Morgan fingerprint density at radius 1 is 0.950 bits per heavy atom. The highest BCUT2D eigenvalue weighted by Crippen LogP contribution is 2.26. The number of rotatable bonds is 5. The van der Waals surface area contributed by atoms with E-state index in [1.54, 1.807) is 0 Å². The van der Waals surface area contributed by atoms with E-state index in [2.05, 4.69) is 80.3 Å². The third-order valence-corrected chi connectivity index (χ3v) is 3.35. The Labute approximate surface area is 121 Å². The molecule has 0 aromatic heterocycles. The van der Waals surface area contributed by atoms with Crippen LogP contribution in [-0.2, 0) is 0 Å². The molecule has 0 amide bonds. The predicted octanol–water partition coefficient (Wildman–Crippen LogP) is 5.62. The fraction of sp³-hybridized carbons (Fsp3) is 0.100. The molecule has 2 rings (SSSR count). The maximum Gasteiger partial charge on any atom is 0.0263 e. The molecule has 0 aliphatic carbocycles. The first-order chi connectivity index (χ1) is 9.85. The molecular weight excluding hydrogens is 240 g/mol. The number of benzene rings is 2. The van der Waals surface area contributed by atoms with Crippen LogP contribution in [0.3, 0.4) is 0 Å². The van der Waals surface area contributed by atoms with Gasteiger partial charge in [-0.2, -0.15) is 0 Å². The van der Waals surface area contributed by atoms with Gasteiger partial charge >= 0.3 is 0 Å². The molecule has 0 aliphatic rings. The Morgan fingerprint density at radius 3 is 2.10 bits per heavy atom. The second-order valence-corrected chi connectivity index (χ2v) is 4.66. The third-order valence-electron chi connectivity index (χ3n) is 3.35. The first kappa shape index (κ1) is 14.1. The van der Waals surface area contributed by atoms with Crippen LogP contribution in [0.1, 0.15) is 24.0 Å². The smallest absolute Gasteiger partial charge is 0.0263 e. The van der Waals surface area contributed by atoms with E-state index in [1.807, 2.05) is 18.2 Å². The highest BCUT2D eigenvalue weighted by atomic mass is 14.1. The Kier molecular flexibility index (Phi) is 5.14. The molecule has 1 atom stereocenters. The fourth-order valence-electron chi connectivity index (χ4n) is 2.26. The molecule has 1 unspecified atom stereocenters. The minimum absolute atomic E-state index is 0.237. The summed E-state index contributed by atoms with van der Waals surface area (Å²) < 4.78 is 0. The lowest BCUT2D eigenvalue weighted by Gasteiger charge is -2.14. The molecular formula is C20H20. The summed E-state index contributed by atoms with van der Waals surface area (Å²) in [7, 11) is 0. The topological polar surface area (TPSA) is 0 Å². The molecule has 2 aromatic rings. The van der Waals surface area contributed by atoms with Crippen molar-refractivity contribution in [1.29, 1.82) is 0 Å². The molecule has 0 fully saturated rings. The van der Waals surface area contributed by atoms with Crippen molar-refractivity contribution in [2.75, 3.05) is 0 Å². The third kappa shape index (κ3) is 3.58. The largest absolute Gasteiger partial charge is 0.102 e. The van der Waals surface area contributed by atoms with Crippen LogP contribution < -0.4 is 0 Å². The first-order valence-electron chi connectivity index (χ1n) is 6.92. The van der Waals surface area contributed by atoms with Crippen molar-refractivity contribution in [2.24, 2.45) is 0 Å². The molecule has 0 N–H and O–H groups in total. The Balaban J connectivity index is 2.24. The van der Waals surface area contributed by atoms with Crippen molar-refractivity contribution in [3.63, 3.8) is 0 Å². The van der Waals surface area contributed by atoms with Crippen LogP contribution in [-0.4, -0.2) is 0 Å². The second-order valence-electron chi connectivity index (χ2n) is 4.66. The van der Waals surface area contributed by atoms with Crippen LogP contribution in [0.2, 0.25) is 0 Å². The molecule has 0 nitrogen and oxygen atoms in total. The minimum Gasteiger partial charge on any atom is -0.102 e. The lowest BCUT2D eigenvalue weighted by Crippen LogP contribution is -1.97. The number of hydrogen-bond acceptors (Lipinski definition) is 0. The van der Waals surface area contributed by atoms with E-state index in [4.69, 9.17) is 0 Å². The van der Waals surface area contributed by atoms with Gasteiger partial charge in [-0.15, -0.1) is 6.58 Å². The summed E-state index contributed by atoms with van der Waals surface area (Å²) in [5.74, 6) is 0.237. The van der Waals surface area contributed by atoms with Gasteiger partial charge in [-0.1, -0.05) is 85.0 Å². The maximum absolute atomic E-state index is 3.99. The van der Waals surface area contributed by atoms with E-state index in [9.17, 15) is 0 Å². The molecule has 100 valence electrons. The van der Waals surface area contributed by atoms with E-state index in [0.717, 1.165) is 0 Å². The molecule has 0 saturated carbocycles. The molecule has 0 spiro atoms. The summed E-state index contributed by atoms with van der Waals surface area (Å²) in [5, 5.41) is 0. The summed E-state index contributed by atoms with van der Waals surface area (Å²) in [6.45, 7) is 6.06. The van der Waals surface area contributed by atoms with Crippen molar-refractivity contribution in [2.45, 2.75) is 12.8 Å². The number of allylic oxidation sites excluding steroid dienone is 4. The Morgan fingerprint density at radius 2 is 1.55 bits per heavy atom. The van der Waals surface area contributed by atoms with Gasteiger partial charge in [0.15, 0.2) is 0 Å². The summed E-state index contributed by atoms with van der Waals surface area (Å²) in [6.07, 6.45) is 8.47. The first-order valence-corrected chi connectivity index (χ1v) is 6.92. The molecule has 0 heteroatoms. The summed E-state index contributed by atoms with van der Waals surface area (Å²) in [6, 6.07) is 20.8. The summed E-state index contributed by atoms with van der Waals surface area (Å²) in [4.78, 5) is 0. The van der Waals surface area contributed by atoms with E-state index in [1.165, 1.54) is 16.7 Å². The van der Waals surface area contributed by atoms with E-state index >= 15 is 0 Å². The van der Waals surface area contributed by atoms with Crippen molar-refractivity contribution in [1.82, 2.24) is 0 Å². The fourth-order valence-corrected chi connectivity index (χ4v) is 2.26. The standard InChI is InChI=1S/C20H20/c1-3-18(16-15-17-11-7-5-8-12-17)20(4-2)19-13-9-6-10-14-19/h3-16,20H,2H2,1H3. The zero-order valence-corrected chi connectivity index (χ0v) is 11.9. The van der Waals surface area contributed by atoms with Gasteiger partial charge in [0.25, 0.3) is 0 Å². The van der Waals surface area contributed by atoms with Gasteiger partial charge in [-0.3, -0.25) is 0 Å². The SMILES string of the molecule is C=CC(C(C=Cc1ccccc1)=CC)c1ccccc1. The van der Waals surface area contributed by atoms with Crippen molar-refractivity contribution < 1.29 is 0 Å². The average Bonchev–Trinajstić information content (AvgIpc) is 2.53. The van der Waals surface area contributed by atoms with Gasteiger partial charge in [0, 0.05) is 5.92 Å². The molecule has 0 heterocycles. The van der Waals surface area contributed by atoms with Crippen LogP contribution in [0.25, 0.3) is 6.08 Å². The monoisotopic (exact) mass is 260 g/mol. The van der Waals surface area contributed by atoms with Gasteiger partial charge in [-0.25, -0.2) is 0 Å². The zero-order valence-electron chi connectivity index (χ0n) is 11.9. The van der Waals surface area contributed by atoms with Crippen molar-refractivity contribution >= 4 is 6.08 Å². The quantitative estimate of drug-likeness (QED) is 0.484. The van der Waals surface area contributed by atoms with Gasteiger partial charge in [-0.05, 0) is 23.6 Å². The molecule has 0 saturated heterocycles. The molecule has 20 heavy (non-hydrogen) atoms. The summed E-state index contributed by atoms with van der Waals surface area (Å²) in [5.41, 5.74) is 3.74. The van der Waals surface area contributed by atoms with Gasteiger partial charge < -0.3 is 0 Å². The Bertz CT molecular complexity index is 588. The van der Waals surface area contributed by atoms with Crippen LogP contribution in [0.5, 0.6) is 0 Å². The molecule has 0 aliphatic heterocycles. The van der Waals surface area contributed by atoms with E-state index < -0.39 is 0 Å². The Hall–Kier alpha value is -2.34. The zero-order chi connectivity index (χ0) is 14.2. The van der Waals surface area contributed by atoms with Crippen LogP contribution >= 0.6 is 0 Å². The second kappa shape index (κ2) is 7.30. The van der Waals surface area contributed by atoms with Gasteiger partial charge in [0.2, 0.25) is 0 Å². The van der Waals surface area contributed by atoms with Crippen LogP contribution in [0.15, 0.2) is 91.0 Å². The molecule has 0 radical (unpaired) electrons. The highest BCUT2D eigenvalue weighted by molar-refractivity contribution is 5.55. The highest BCUT2D eigenvalue weighted by Gasteiger charge is 2.09. The van der Waals surface area contributed by atoms with Crippen molar-refractivity contribution in [3.05, 3.63) is 102 Å². The lowest BCUT2D eigenvalue weighted by molar-refractivity contribution is 1.03. The van der Waals surface area contributed by atoms with E-state index in [0.29, 0.717) is 0 Å². The number of hydrogen-bond donors (Lipinski definition) is 0.